The van der Waals surface area contributed by atoms with Crippen LogP contribution >= 0.6 is 0 Å². The molecule has 0 amide bonds. The predicted molar refractivity (Wildman–Crippen MR) is 135 cm³/mol. The zero-order valence-corrected chi connectivity index (χ0v) is 18.0. The number of rotatable bonds is 3. The number of pyridine rings is 2. The van der Waals surface area contributed by atoms with Crippen molar-refractivity contribution < 1.29 is 0 Å². The van der Waals surface area contributed by atoms with Crippen LogP contribution in [-0.4, -0.2) is 24.1 Å². The molecule has 0 saturated heterocycles. The first kappa shape index (κ1) is 18.6. The molecule has 2 aromatic heterocycles. The SMILES string of the molecule is CN(c1c2ccccc2nc2ccccc12)N(C)c1c2ccccc2nc2ccccc12. The maximum Gasteiger partial charge on any atom is 0.0758 e. The molecule has 0 aliphatic carbocycles. The van der Waals surface area contributed by atoms with Crippen LogP contribution in [0.4, 0.5) is 11.4 Å². The average molecular weight is 415 g/mol. The highest BCUT2D eigenvalue weighted by molar-refractivity contribution is 6.11. The summed E-state index contributed by atoms with van der Waals surface area (Å²) in [5.41, 5.74) is 6.24. The normalized spacial score (nSPS) is 11.4. The van der Waals surface area contributed by atoms with Gasteiger partial charge >= 0.3 is 0 Å². The molecule has 0 atom stereocenters. The molecule has 0 aliphatic rings. The highest BCUT2D eigenvalue weighted by atomic mass is 15.6. The molecule has 4 heteroatoms. The molecule has 32 heavy (non-hydrogen) atoms. The van der Waals surface area contributed by atoms with E-state index in [-0.39, 0.29) is 0 Å². The molecular formula is C28H22N4. The van der Waals surface area contributed by atoms with Gasteiger partial charge in [0.15, 0.2) is 0 Å². The molecule has 0 spiro atoms. The van der Waals surface area contributed by atoms with E-state index in [1.807, 2.05) is 24.3 Å². The van der Waals surface area contributed by atoms with Crippen LogP contribution in [0.2, 0.25) is 0 Å². The van der Waals surface area contributed by atoms with Crippen molar-refractivity contribution in [1.82, 2.24) is 9.97 Å². The van der Waals surface area contributed by atoms with Gasteiger partial charge in [0.25, 0.3) is 0 Å². The smallest absolute Gasteiger partial charge is 0.0758 e. The Bertz CT molecular complexity index is 1390. The Morgan fingerprint density at radius 3 is 0.938 bits per heavy atom. The topological polar surface area (TPSA) is 32.3 Å². The van der Waals surface area contributed by atoms with E-state index in [2.05, 4.69) is 96.9 Å². The maximum absolute atomic E-state index is 4.90. The molecule has 0 saturated carbocycles. The lowest BCUT2D eigenvalue weighted by Crippen LogP contribution is -2.37. The molecule has 4 aromatic carbocycles. The minimum atomic E-state index is 0.992. The van der Waals surface area contributed by atoms with Crippen molar-refractivity contribution in [1.29, 1.82) is 0 Å². The molecule has 0 N–H and O–H groups in total. The summed E-state index contributed by atoms with van der Waals surface area (Å²) < 4.78 is 0. The fraction of sp³-hybridized carbons (Fsp3) is 0.0714. The fourth-order valence-electron chi connectivity index (χ4n) is 4.63. The van der Waals surface area contributed by atoms with Crippen molar-refractivity contribution in [3.63, 3.8) is 0 Å². The van der Waals surface area contributed by atoms with Crippen molar-refractivity contribution in [2.45, 2.75) is 0 Å². The van der Waals surface area contributed by atoms with Crippen LogP contribution in [0.3, 0.4) is 0 Å². The number of benzene rings is 4. The second kappa shape index (κ2) is 7.20. The Balaban J connectivity index is 1.65. The molecule has 6 rings (SSSR count). The first-order chi connectivity index (χ1) is 15.7. The van der Waals surface area contributed by atoms with E-state index < -0.39 is 0 Å². The van der Waals surface area contributed by atoms with Crippen LogP contribution < -0.4 is 10.0 Å². The van der Waals surface area contributed by atoms with Gasteiger partial charge in [-0.05, 0) is 24.3 Å². The summed E-state index contributed by atoms with van der Waals surface area (Å²) in [6.07, 6.45) is 0. The number of hydrazine groups is 1. The molecule has 0 unspecified atom stereocenters. The molecule has 0 bridgehead atoms. The Morgan fingerprint density at radius 1 is 0.406 bits per heavy atom. The Labute approximate surface area is 186 Å². The molecule has 2 heterocycles. The second-order valence-electron chi connectivity index (χ2n) is 8.04. The number of hydrogen-bond donors (Lipinski definition) is 0. The second-order valence-corrected chi connectivity index (χ2v) is 8.04. The van der Waals surface area contributed by atoms with Gasteiger partial charge in [-0.25, -0.2) is 9.97 Å². The summed E-state index contributed by atoms with van der Waals surface area (Å²) in [5.74, 6) is 0. The summed E-state index contributed by atoms with van der Waals surface area (Å²) in [6, 6.07) is 33.4. The highest BCUT2D eigenvalue weighted by Crippen LogP contribution is 2.38. The highest BCUT2D eigenvalue weighted by Gasteiger charge is 2.20. The standard InChI is InChI=1S/C28H22N4/c1-31(27-19-11-3-7-15-23(19)29-24-16-8-4-12-20(24)27)32(2)28-21-13-5-9-17-25(21)30-26-18-10-6-14-22(26)28/h3-18H,1-2H3. The first-order valence-corrected chi connectivity index (χ1v) is 10.7. The van der Waals surface area contributed by atoms with Crippen molar-refractivity contribution in [3.8, 4) is 0 Å². The van der Waals surface area contributed by atoms with Gasteiger partial charge in [-0.2, -0.15) is 0 Å². The van der Waals surface area contributed by atoms with Crippen molar-refractivity contribution in [3.05, 3.63) is 97.1 Å². The van der Waals surface area contributed by atoms with Crippen LogP contribution in [0.5, 0.6) is 0 Å². The van der Waals surface area contributed by atoms with E-state index >= 15 is 0 Å². The quantitative estimate of drug-likeness (QED) is 0.242. The van der Waals surface area contributed by atoms with Gasteiger partial charge in [-0.1, -0.05) is 72.8 Å². The minimum absolute atomic E-state index is 0.992. The Morgan fingerprint density at radius 2 is 0.656 bits per heavy atom. The van der Waals surface area contributed by atoms with Crippen LogP contribution in [0.25, 0.3) is 43.6 Å². The summed E-state index contributed by atoms with van der Waals surface area (Å²) in [5, 5.41) is 8.99. The number of anilines is 2. The Hall–Kier alpha value is -4.18. The number of hydrogen-bond acceptors (Lipinski definition) is 4. The summed E-state index contributed by atoms with van der Waals surface area (Å²) in [7, 11) is 4.25. The van der Waals surface area contributed by atoms with Gasteiger partial charge in [-0.15, -0.1) is 0 Å². The predicted octanol–water partition coefficient (Wildman–Crippen LogP) is 6.58. The van der Waals surface area contributed by atoms with E-state index in [1.54, 1.807) is 0 Å². The molecule has 6 aromatic rings. The van der Waals surface area contributed by atoms with Crippen LogP contribution in [0.15, 0.2) is 97.1 Å². The lowest BCUT2D eigenvalue weighted by Gasteiger charge is -2.35. The maximum atomic E-state index is 4.90. The van der Waals surface area contributed by atoms with Crippen molar-refractivity contribution >= 4 is 55.0 Å². The van der Waals surface area contributed by atoms with E-state index in [0.717, 1.165) is 55.0 Å². The van der Waals surface area contributed by atoms with Gasteiger partial charge in [-0.3, -0.25) is 10.0 Å². The van der Waals surface area contributed by atoms with Crippen LogP contribution in [0, 0.1) is 0 Å². The third-order valence-electron chi connectivity index (χ3n) is 6.22. The number of aromatic nitrogens is 2. The van der Waals surface area contributed by atoms with Gasteiger partial charge in [0, 0.05) is 35.6 Å². The van der Waals surface area contributed by atoms with Crippen LogP contribution in [0.1, 0.15) is 0 Å². The van der Waals surface area contributed by atoms with E-state index in [1.165, 1.54) is 0 Å². The summed E-state index contributed by atoms with van der Waals surface area (Å²) in [6.45, 7) is 0. The van der Waals surface area contributed by atoms with Gasteiger partial charge in [0.2, 0.25) is 0 Å². The van der Waals surface area contributed by atoms with Crippen LogP contribution in [-0.2, 0) is 0 Å². The average Bonchev–Trinajstić information content (AvgIpc) is 2.85. The number of para-hydroxylation sites is 4. The van der Waals surface area contributed by atoms with Crippen molar-refractivity contribution in [2.75, 3.05) is 24.1 Å². The lowest BCUT2D eigenvalue weighted by atomic mass is 10.1. The number of fused-ring (bicyclic) bond motifs is 4. The molecule has 0 fully saturated rings. The number of nitrogens with zero attached hydrogens (tertiary/aromatic N) is 4. The zero-order chi connectivity index (χ0) is 21.7. The van der Waals surface area contributed by atoms with E-state index in [4.69, 9.17) is 9.97 Å². The first-order valence-electron chi connectivity index (χ1n) is 10.7. The van der Waals surface area contributed by atoms with Gasteiger partial charge < -0.3 is 0 Å². The monoisotopic (exact) mass is 414 g/mol. The largest absolute Gasteiger partial charge is 0.287 e. The molecular weight excluding hydrogens is 392 g/mol. The molecule has 0 aliphatic heterocycles. The third-order valence-corrected chi connectivity index (χ3v) is 6.22. The van der Waals surface area contributed by atoms with E-state index in [0.29, 0.717) is 0 Å². The van der Waals surface area contributed by atoms with E-state index in [9.17, 15) is 0 Å². The third kappa shape index (κ3) is 2.77. The molecule has 154 valence electrons. The fourth-order valence-corrected chi connectivity index (χ4v) is 4.63. The minimum Gasteiger partial charge on any atom is -0.287 e. The summed E-state index contributed by atoms with van der Waals surface area (Å²) >= 11 is 0. The molecule has 4 nitrogen and oxygen atoms in total. The van der Waals surface area contributed by atoms with Gasteiger partial charge in [0.1, 0.15) is 0 Å². The molecule has 0 radical (unpaired) electrons. The Kier molecular flexibility index (Phi) is 4.18. The van der Waals surface area contributed by atoms with Crippen molar-refractivity contribution in [2.24, 2.45) is 0 Å². The van der Waals surface area contributed by atoms with Gasteiger partial charge in [0.05, 0.1) is 33.4 Å². The zero-order valence-electron chi connectivity index (χ0n) is 18.0. The summed E-state index contributed by atoms with van der Waals surface area (Å²) in [4.78, 5) is 9.80. The lowest BCUT2D eigenvalue weighted by molar-refractivity contribution is 0.906.